The van der Waals surface area contributed by atoms with Gasteiger partial charge in [0, 0.05) is 12.2 Å². The maximum Gasteiger partial charge on any atom is 0.233 e. The van der Waals surface area contributed by atoms with Crippen molar-refractivity contribution in [2.75, 3.05) is 11.9 Å². The lowest BCUT2D eigenvalue weighted by atomic mass is 10.1. The number of rotatable bonds is 6. The topological polar surface area (TPSA) is 58.2 Å². The minimum atomic E-state index is -0.280. The van der Waals surface area contributed by atoms with Gasteiger partial charge < -0.3 is 10.6 Å². The van der Waals surface area contributed by atoms with Gasteiger partial charge in [0.2, 0.25) is 11.8 Å². The Morgan fingerprint density at radius 1 is 1.11 bits per heavy atom. The Labute approximate surface area is 114 Å². The van der Waals surface area contributed by atoms with Gasteiger partial charge in [-0.2, -0.15) is 0 Å². The first-order valence-electron chi connectivity index (χ1n) is 6.66. The van der Waals surface area contributed by atoms with Crippen LogP contribution in [0.1, 0.15) is 37.3 Å². The molecule has 0 heterocycles. The van der Waals surface area contributed by atoms with Gasteiger partial charge in [-0.15, -0.1) is 0 Å². The van der Waals surface area contributed by atoms with Crippen molar-refractivity contribution < 1.29 is 9.59 Å². The van der Waals surface area contributed by atoms with Crippen LogP contribution in [0.4, 0.5) is 5.69 Å². The molecule has 4 heteroatoms. The van der Waals surface area contributed by atoms with Gasteiger partial charge in [0.1, 0.15) is 6.42 Å². The van der Waals surface area contributed by atoms with E-state index >= 15 is 0 Å². The molecule has 0 atom stereocenters. The van der Waals surface area contributed by atoms with Crippen LogP contribution in [-0.2, 0) is 9.59 Å². The second-order valence-electron chi connectivity index (χ2n) is 4.73. The van der Waals surface area contributed by atoms with Crippen molar-refractivity contribution in [3.05, 3.63) is 29.3 Å². The number of carbonyl (C=O) groups is 2. The average molecular weight is 262 g/mol. The third kappa shape index (κ3) is 5.55. The van der Waals surface area contributed by atoms with Crippen molar-refractivity contribution in [1.82, 2.24) is 5.32 Å². The normalized spacial score (nSPS) is 10.1. The Hall–Kier alpha value is -1.84. The van der Waals surface area contributed by atoms with Crippen molar-refractivity contribution in [2.24, 2.45) is 0 Å². The van der Waals surface area contributed by atoms with Crippen LogP contribution < -0.4 is 10.6 Å². The van der Waals surface area contributed by atoms with E-state index in [0.29, 0.717) is 6.54 Å². The number of unbranched alkanes of at least 4 members (excludes halogenated alkanes) is 1. The molecule has 0 radical (unpaired) electrons. The zero-order valence-corrected chi connectivity index (χ0v) is 11.9. The summed E-state index contributed by atoms with van der Waals surface area (Å²) in [6.45, 7) is 6.69. The van der Waals surface area contributed by atoms with E-state index in [0.717, 1.165) is 24.1 Å². The molecule has 0 aromatic heterocycles. The summed E-state index contributed by atoms with van der Waals surface area (Å²) in [6, 6.07) is 5.70. The molecule has 2 N–H and O–H groups in total. The number of benzene rings is 1. The molecule has 0 saturated carbocycles. The Kier molecular flexibility index (Phi) is 6.06. The standard InChI is InChI=1S/C15H22N2O2/c1-4-5-8-16-14(18)10-15(19)17-13-7-6-11(2)12(3)9-13/h6-7,9H,4-5,8,10H2,1-3H3,(H,16,18)(H,17,19). The molecule has 19 heavy (non-hydrogen) atoms. The van der Waals surface area contributed by atoms with Crippen LogP contribution >= 0.6 is 0 Å². The Morgan fingerprint density at radius 3 is 2.47 bits per heavy atom. The zero-order chi connectivity index (χ0) is 14.3. The van der Waals surface area contributed by atoms with Gasteiger partial charge in [0.05, 0.1) is 0 Å². The molecule has 0 saturated heterocycles. The SMILES string of the molecule is CCCCNC(=O)CC(=O)Nc1ccc(C)c(C)c1. The van der Waals surface area contributed by atoms with E-state index < -0.39 is 0 Å². The van der Waals surface area contributed by atoms with Gasteiger partial charge in [-0.3, -0.25) is 9.59 Å². The summed E-state index contributed by atoms with van der Waals surface area (Å²) < 4.78 is 0. The fourth-order valence-corrected chi connectivity index (χ4v) is 1.64. The number of hydrogen-bond acceptors (Lipinski definition) is 2. The predicted molar refractivity (Wildman–Crippen MR) is 77.1 cm³/mol. The Morgan fingerprint density at radius 2 is 1.84 bits per heavy atom. The average Bonchev–Trinajstić information content (AvgIpc) is 2.34. The summed E-state index contributed by atoms with van der Waals surface area (Å²) in [6.07, 6.45) is 1.83. The second-order valence-corrected chi connectivity index (χ2v) is 4.73. The van der Waals surface area contributed by atoms with Crippen molar-refractivity contribution >= 4 is 17.5 Å². The molecular weight excluding hydrogens is 240 g/mol. The quantitative estimate of drug-likeness (QED) is 0.611. The van der Waals surface area contributed by atoms with E-state index in [2.05, 4.69) is 17.6 Å². The molecule has 2 amide bonds. The summed E-state index contributed by atoms with van der Waals surface area (Å²) in [5, 5.41) is 5.45. The Bertz CT molecular complexity index is 455. The van der Waals surface area contributed by atoms with Crippen LogP contribution in [0.25, 0.3) is 0 Å². The van der Waals surface area contributed by atoms with E-state index in [9.17, 15) is 9.59 Å². The summed E-state index contributed by atoms with van der Waals surface area (Å²) in [5.41, 5.74) is 3.02. The minimum absolute atomic E-state index is 0.128. The van der Waals surface area contributed by atoms with Crippen LogP contribution in [0.2, 0.25) is 0 Å². The summed E-state index contributed by atoms with van der Waals surface area (Å²) in [4.78, 5) is 23.1. The van der Waals surface area contributed by atoms with E-state index in [1.165, 1.54) is 5.56 Å². The molecule has 0 unspecified atom stereocenters. The molecule has 1 rings (SSSR count). The zero-order valence-electron chi connectivity index (χ0n) is 11.9. The molecule has 0 spiro atoms. The van der Waals surface area contributed by atoms with Crippen molar-refractivity contribution in [1.29, 1.82) is 0 Å². The van der Waals surface area contributed by atoms with Crippen molar-refractivity contribution in [3.8, 4) is 0 Å². The fourth-order valence-electron chi connectivity index (χ4n) is 1.64. The number of aryl methyl sites for hydroxylation is 2. The molecule has 0 aliphatic heterocycles. The first kappa shape index (κ1) is 15.2. The highest BCUT2D eigenvalue weighted by Crippen LogP contribution is 2.14. The summed E-state index contributed by atoms with van der Waals surface area (Å²) in [7, 11) is 0. The van der Waals surface area contributed by atoms with Crippen molar-refractivity contribution in [3.63, 3.8) is 0 Å². The van der Waals surface area contributed by atoms with Gasteiger partial charge in [0.25, 0.3) is 0 Å². The largest absolute Gasteiger partial charge is 0.356 e. The van der Waals surface area contributed by atoms with Crippen LogP contribution in [0.3, 0.4) is 0 Å². The van der Waals surface area contributed by atoms with E-state index in [-0.39, 0.29) is 18.2 Å². The molecule has 1 aromatic rings. The van der Waals surface area contributed by atoms with Crippen LogP contribution in [0.5, 0.6) is 0 Å². The molecule has 1 aromatic carbocycles. The number of anilines is 1. The monoisotopic (exact) mass is 262 g/mol. The molecule has 0 aliphatic rings. The van der Waals surface area contributed by atoms with E-state index in [1.807, 2.05) is 32.0 Å². The highest BCUT2D eigenvalue weighted by atomic mass is 16.2. The second kappa shape index (κ2) is 7.56. The highest BCUT2D eigenvalue weighted by molar-refractivity contribution is 6.03. The van der Waals surface area contributed by atoms with Crippen LogP contribution in [0, 0.1) is 13.8 Å². The fraction of sp³-hybridized carbons (Fsp3) is 0.467. The van der Waals surface area contributed by atoms with Crippen LogP contribution in [0.15, 0.2) is 18.2 Å². The highest BCUT2D eigenvalue weighted by Gasteiger charge is 2.09. The number of carbonyl (C=O) groups excluding carboxylic acids is 2. The first-order valence-corrected chi connectivity index (χ1v) is 6.66. The van der Waals surface area contributed by atoms with E-state index in [4.69, 9.17) is 0 Å². The maximum atomic E-state index is 11.7. The minimum Gasteiger partial charge on any atom is -0.356 e. The summed E-state index contributed by atoms with van der Waals surface area (Å²) >= 11 is 0. The number of nitrogens with one attached hydrogen (secondary N) is 2. The lowest BCUT2D eigenvalue weighted by Gasteiger charge is -2.08. The Balaban J connectivity index is 2.42. The predicted octanol–water partition coefficient (Wildman–Crippen LogP) is 2.55. The number of hydrogen-bond donors (Lipinski definition) is 2. The third-order valence-electron chi connectivity index (χ3n) is 2.96. The molecule has 0 bridgehead atoms. The molecule has 0 fully saturated rings. The summed E-state index contributed by atoms with van der Waals surface area (Å²) in [5.74, 6) is -0.507. The van der Waals surface area contributed by atoms with E-state index in [1.54, 1.807) is 0 Å². The maximum absolute atomic E-state index is 11.7. The number of amides is 2. The lowest BCUT2D eigenvalue weighted by molar-refractivity contribution is -0.126. The molecule has 4 nitrogen and oxygen atoms in total. The smallest absolute Gasteiger partial charge is 0.233 e. The van der Waals surface area contributed by atoms with Crippen LogP contribution in [-0.4, -0.2) is 18.4 Å². The third-order valence-corrected chi connectivity index (χ3v) is 2.96. The van der Waals surface area contributed by atoms with Crippen molar-refractivity contribution in [2.45, 2.75) is 40.0 Å². The molecule has 104 valence electrons. The molecule has 0 aliphatic carbocycles. The first-order chi connectivity index (χ1) is 9.02. The van der Waals surface area contributed by atoms with Gasteiger partial charge in [0.15, 0.2) is 0 Å². The van der Waals surface area contributed by atoms with Gasteiger partial charge in [-0.25, -0.2) is 0 Å². The van der Waals surface area contributed by atoms with Gasteiger partial charge in [-0.05, 0) is 43.5 Å². The van der Waals surface area contributed by atoms with Gasteiger partial charge >= 0.3 is 0 Å². The molecular formula is C15H22N2O2. The lowest BCUT2D eigenvalue weighted by Crippen LogP contribution is -2.28. The van der Waals surface area contributed by atoms with Gasteiger partial charge in [-0.1, -0.05) is 19.4 Å².